The number of hydrogen-bond acceptors (Lipinski definition) is 6. The summed E-state index contributed by atoms with van der Waals surface area (Å²) < 4.78 is 36.4. The van der Waals surface area contributed by atoms with Crippen molar-refractivity contribution in [1.82, 2.24) is 9.21 Å². The molecule has 2 fully saturated rings. The number of carbonyl (C=O) groups is 1. The Hall–Kier alpha value is -1.68. The fourth-order valence-electron chi connectivity index (χ4n) is 3.52. The maximum absolute atomic E-state index is 13.0. The fourth-order valence-corrected chi connectivity index (χ4v) is 4.59. The monoisotopic (exact) mass is 384 g/mol. The maximum atomic E-state index is 13.0. The van der Waals surface area contributed by atoms with E-state index in [1.54, 1.807) is 23.1 Å². The van der Waals surface area contributed by atoms with Crippen molar-refractivity contribution in [2.24, 2.45) is 0 Å². The standard InChI is InChI=1S/C17H24N2O6S/c1-24-14-9-15(19(10-14)26(2,22)23)17(21)18-6-7-25-16(11-18)12-4-3-5-13(20)8-12/h3-5,8,14-16,20H,6-7,9-11H2,1-2H3/t14-,15+,16?/m0/s1. The smallest absolute Gasteiger partial charge is 0.241 e. The number of aromatic hydroxyl groups is 1. The number of amides is 1. The van der Waals surface area contributed by atoms with Gasteiger partial charge in [0, 0.05) is 26.6 Å². The van der Waals surface area contributed by atoms with Crippen LogP contribution >= 0.6 is 0 Å². The summed E-state index contributed by atoms with van der Waals surface area (Å²) in [6.45, 7) is 1.26. The summed E-state index contributed by atoms with van der Waals surface area (Å²) in [5, 5.41) is 9.65. The minimum atomic E-state index is -3.51. The van der Waals surface area contributed by atoms with E-state index in [1.807, 2.05) is 6.07 Å². The lowest BCUT2D eigenvalue weighted by molar-refractivity contribution is -0.142. The predicted octanol–water partition coefficient (Wildman–Crippen LogP) is 0.341. The molecule has 0 spiro atoms. The van der Waals surface area contributed by atoms with Crippen LogP contribution in [0.1, 0.15) is 18.1 Å². The van der Waals surface area contributed by atoms with E-state index in [9.17, 15) is 18.3 Å². The molecular formula is C17H24N2O6S. The average Bonchev–Trinajstić information content (AvgIpc) is 3.06. The average molecular weight is 384 g/mol. The molecule has 1 N–H and O–H groups in total. The molecule has 1 unspecified atom stereocenters. The van der Waals surface area contributed by atoms with E-state index in [0.29, 0.717) is 26.1 Å². The van der Waals surface area contributed by atoms with Crippen LogP contribution < -0.4 is 0 Å². The molecule has 8 nitrogen and oxygen atoms in total. The maximum Gasteiger partial charge on any atom is 0.241 e. The molecule has 2 saturated heterocycles. The van der Waals surface area contributed by atoms with E-state index >= 15 is 0 Å². The predicted molar refractivity (Wildman–Crippen MR) is 94.1 cm³/mol. The highest BCUT2D eigenvalue weighted by atomic mass is 32.2. The number of rotatable bonds is 4. The molecule has 144 valence electrons. The van der Waals surface area contributed by atoms with Crippen molar-refractivity contribution < 1.29 is 27.8 Å². The van der Waals surface area contributed by atoms with Crippen LogP contribution in [0.4, 0.5) is 0 Å². The van der Waals surface area contributed by atoms with Gasteiger partial charge in [-0.3, -0.25) is 4.79 Å². The SMILES string of the molecule is CO[C@H]1C[C@H](C(=O)N2CCOC(c3cccc(O)c3)C2)N(S(C)(=O)=O)C1. The quantitative estimate of drug-likeness (QED) is 0.804. The van der Waals surface area contributed by atoms with Gasteiger partial charge in [0.25, 0.3) is 0 Å². The number of nitrogens with zero attached hydrogens (tertiary/aromatic N) is 2. The molecule has 26 heavy (non-hydrogen) atoms. The topological polar surface area (TPSA) is 96.4 Å². The molecule has 3 atom stereocenters. The molecule has 2 aliphatic rings. The van der Waals surface area contributed by atoms with E-state index in [2.05, 4.69) is 0 Å². The van der Waals surface area contributed by atoms with Gasteiger partial charge in [0.15, 0.2) is 0 Å². The molecule has 1 aromatic rings. The van der Waals surface area contributed by atoms with E-state index in [-0.39, 0.29) is 30.4 Å². The van der Waals surface area contributed by atoms with Gasteiger partial charge in [-0.25, -0.2) is 8.42 Å². The largest absolute Gasteiger partial charge is 0.508 e. The number of carbonyl (C=O) groups excluding carboxylic acids is 1. The van der Waals surface area contributed by atoms with Gasteiger partial charge in [0.05, 0.1) is 25.5 Å². The number of ether oxygens (including phenoxy) is 2. The van der Waals surface area contributed by atoms with Crippen molar-refractivity contribution in [1.29, 1.82) is 0 Å². The van der Waals surface area contributed by atoms with Gasteiger partial charge in [-0.05, 0) is 17.7 Å². The van der Waals surface area contributed by atoms with Crippen LogP contribution in [0.3, 0.4) is 0 Å². The van der Waals surface area contributed by atoms with E-state index in [1.165, 1.54) is 11.4 Å². The number of phenols is 1. The summed E-state index contributed by atoms with van der Waals surface area (Å²) in [5.41, 5.74) is 0.781. The van der Waals surface area contributed by atoms with Gasteiger partial charge in [-0.15, -0.1) is 0 Å². The zero-order valence-corrected chi connectivity index (χ0v) is 15.7. The molecule has 1 aromatic carbocycles. The number of phenolic OH excluding ortho intramolecular Hbond substituents is 1. The van der Waals surface area contributed by atoms with Crippen LogP contribution in [0.5, 0.6) is 5.75 Å². The first kappa shape index (κ1) is 19.1. The lowest BCUT2D eigenvalue weighted by Crippen LogP contribution is -2.51. The highest BCUT2D eigenvalue weighted by Crippen LogP contribution is 2.28. The third-order valence-electron chi connectivity index (χ3n) is 4.88. The summed E-state index contributed by atoms with van der Waals surface area (Å²) >= 11 is 0. The molecule has 0 saturated carbocycles. The van der Waals surface area contributed by atoms with E-state index in [0.717, 1.165) is 11.8 Å². The molecule has 0 bridgehead atoms. The number of sulfonamides is 1. The second-order valence-electron chi connectivity index (χ2n) is 6.68. The lowest BCUT2D eigenvalue weighted by Gasteiger charge is -2.35. The summed E-state index contributed by atoms with van der Waals surface area (Å²) in [4.78, 5) is 14.7. The summed E-state index contributed by atoms with van der Waals surface area (Å²) in [6.07, 6.45) is 0.809. The molecule has 9 heteroatoms. The Labute approximate surface area is 153 Å². The second-order valence-corrected chi connectivity index (χ2v) is 8.62. The Kier molecular flexibility index (Phi) is 5.52. The van der Waals surface area contributed by atoms with Crippen molar-refractivity contribution in [3.8, 4) is 5.75 Å². The van der Waals surface area contributed by atoms with Gasteiger partial charge in [-0.2, -0.15) is 4.31 Å². The highest BCUT2D eigenvalue weighted by Gasteiger charge is 2.44. The van der Waals surface area contributed by atoms with Crippen LogP contribution in [0.25, 0.3) is 0 Å². The Morgan fingerprint density at radius 3 is 2.77 bits per heavy atom. The van der Waals surface area contributed by atoms with Gasteiger partial charge in [0.2, 0.25) is 15.9 Å². The summed E-state index contributed by atoms with van der Waals surface area (Å²) in [6, 6.07) is 5.98. The van der Waals surface area contributed by atoms with Gasteiger partial charge in [-0.1, -0.05) is 12.1 Å². The number of benzene rings is 1. The van der Waals surface area contributed by atoms with Gasteiger partial charge < -0.3 is 19.5 Å². The van der Waals surface area contributed by atoms with Crippen molar-refractivity contribution in [3.63, 3.8) is 0 Å². The Morgan fingerprint density at radius 2 is 2.12 bits per heavy atom. The molecule has 0 radical (unpaired) electrons. The first-order chi connectivity index (χ1) is 12.3. The van der Waals surface area contributed by atoms with Crippen molar-refractivity contribution in [2.45, 2.75) is 24.7 Å². The van der Waals surface area contributed by atoms with Crippen LogP contribution in [0.2, 0.25) is 0 Å². The summed E-state index contributed by atoms with van der Waals surface area (Å²) in [5.74, 6) is -0.0973. The van der Waals surface area contributed by atoms with Crippen LogP contribution in [-0.2, 0) is 24.3 Å². The minimum Gasteiger partial charge on any atom is -0.508 e. The third kappa shape index (κ3) is 4.01. The molecule has 2 heterocycles. The van der Waals surface area contributed by atoms with Crippen LogP contribution in [0, 0.1) is 0 Å². The van der Waals surface area contributed by atoms with E-state index < -0.39 is 16.1 Å². The zero-order chi connectivity index (χ0) is 18.9. The minimum absolute atomic E-state index is 0.136. The van der Waals surface area contributed by atoms with E-state index in [4.69, 9.17) is 9.47 Å². The number of morpholine rings is 1. The normalized spacial score (nSPS) is 27.6. The zero-order valence-electron chi connectivity index (χ0n) is 14.9. The molecule has 0 aliphatic carbocycles. The Balaban J connectivity index is 1.76. The summed E-state index contributed by atoms with van der Waals surface area (Å²) in [7, 11) is -1.99. The Morgan fingerprint density at radius 1 is 1.35 bits per heavy atom. The van der Waals surface area contributed by atoms with Crippen molar-refractivity contribution in [3.05, 3.63) is 29.8 Å². The molecule has 2 aliphatic heterocycles. The first-order valence-corrected chi connectivity index (χ1v) is 10.3. The highest BCUT2D eigenvalue weighted by molar-refractivity contribution is 7.88. The number of hydrogen-bond donors (Lipinski definition) is 1. The second kappa shape index (κ2) is 7.51. The Bertz CT molecular complexity index is 768. The molecular weight excluding hydrogens is 360 g/mol. The van der Waals surface area contributed by atoms with Crippen LogP contribution in [-0.4, -0.2) is 80.4 Å². The third-order valence-corrected chi connectivity index (χ3v) is 6.14. The van der Waals surface area contributed by atoms with Crippen molar-refractivity contribution in [2.75, 3.05) is 39.6 Å². The van der Waals surface area contributed by atoms with Crippen molar-refractivity contribution >= 4 is 15.9 Å². The number of methoxy groups -OCH3 is 1. The first-order valence-electron chi connectivity index (χ1n) is 8.48. The van der Waals surface area contributed by atoms with Gasteiger partial charge in [0.1, 0.15) is 17.9 Å². The van der Waals surface area contributed by atoms with Crippen LogP contribution in [0.15, 0.2) is 24.3 Å². The molecule has 3 rings (SSSR count). The van der Waals surface area contributed by atoms with Gasteiger partial charge >= 0.3 is 0 Å². The lowest BCUT2D eigenvalue weighted by atomic mass is 10.1. The molecule has 1 amide bonds. The fraction of sp³-hybridized carbons (Fsp3) is 0.588. The molecule has 0 aromatic heterocycles.